The molecule has 0 spiro atoms. The van der Waals surface area contributed by atoms with Gasteiger partial charge in [-0.3, -0.25) is 34.8 Å². The summed E-state index contributed by atoms with van der Waals surface area (Å²) < 4.78 is 30.7. The van der Waals surface area contributed by atoms with Crippen molar-refractivity contribution in [3.63, 3.8) is 0 Å². The SMILES string of the molecule is COc1cc(C(=O)O[C@H](C(=O)NNC(=O)c2ccc(NC(=O)Cc3ccccc3)cc2)[C@@H](OC(=O)c2ccc(OC(C)=O)c(OC)c2)C(=O)O)ccc1OC(C)=O. The lowest BCUT2D eigenvalue weighted by Gasteiger charge is -2.24. The van der Waals surface area contributed by atoms with Crippen molar-refractivity contribution in [2.24, 2.45) is 0 Å². The van der Waals surface area contributed by atoms with Gasteiger partial charge in [0.25, 0.3) is 11.8 Å². The van der Waals surface area contributed by atoms with Gasteiger partial charge in [0.2, 0.25) is 18.1 Å². The molecule has 0 aliphatic carbocycles. The van der Waals surface area contributed by atoms with Crippen molar-refractivity contribution in [1.82, 2.24) is 10.9 Å². The van der Waals surface area contributed by atoms with Crippen LogP contribution in [0.3, 0.4) is 0 Å². The highest BCUT2D eigenvalue weighted by Crippen LogP contribution is 2.30. The number of carbonyl (C=O) groups excluding carboxylic acids is 7. The summed E-state index contributed by atoms with van der Waals surface area (Å²) in [6.07, 6.45) is -4.88. The molecule has 0 bridgehead atoms. The number of hydrogen-bond donors (Lipinski definition) is 4. The molecule has 0 fully saturated rings. The molecule has 0 aliphatic heterocycles. The fraction of sp³-hybridized carbons (Fsp3) is 0.179. The summed E-state index contributed by atoms with van der Waals surface area (Å²) in [7, 11) is 2.42. The van der Waals surface area contributed by atoms with E-state index in [-0.39, 0.29) is 52.0 Å². The van der Waals surface area contributed by atoms with Crippen LogP contribution in [0.1, 0.15) is 50.5 Å². The Kier molecular flexibility index (Phi) is 14.4. The minimum Gasteiger partial charge on any atom is -0.493 e. The minimum atomic E-state index is -2.53. The van der Waals surface area contributed by atoms with Gasteiger partial charge in [-0.25, -0.2) is 14.4 Å². The Morgan fingerprint density at radius 3 is 1.56 bits per heavy atom. The van der Waals surface area contributed by atoms with Crippen LogP contribution in [-0.2, 0) is 39.9 Å². The first-order valence-corrected chi connectivity index (χ1v) is 16.6. The maximum absolute atomic E-state index is 13.5. The van der Waals surface area contributed by atoms with Gasteiger partial charge in [-0.1, -0.05) is 30.3 Å². The van der Waals surface area contributed by atoms with Crippen LogP contribution < -0.4 is 35.1 Å². The number of ether oxygens (including phenoxy) is 6. The van der Waals surface area contributed by atoms with Gasteiger partial charge in [0.15, 0.2) is 23.0 Å². The van der Waals surface area contributed by atoms with Gasteiger partial charge in [0.05, 0.1) is 31.8 Å². The molecule has 0 aliphatic rings. The van der Waals surface area contributed by atoms with Crippen LogP contribution in [0.2, 0.25) is 0 Å². The summed E-state index contributed by atoms with van der Waals surface area (Å²) in [5.41, 5.74) is 4.54. The van der Waals surface area contributed by atoms with Gasteiger partial charge in [0, 0.05) is 25.1 Å². The predicted octanol–water partition coefficient (Wildman–Crippen LogP) is 3.03. The smallest absolute Gasteiger partial charge is 0.349 e. The molecule has 0 saturated heterocycles. The number of carbonyl (C=O) groups is 8. The first kappa shape index (κ1) is 42.0. The van der Waals surface area contributed by atoms with Crippen LogP contribution in [0.4, 0.5) is 5.69 Å². The van der Waals surface area contributed by atoms with Crippen LogP contribution in [0, 0.1) is 0 Å². The minimum absolute atomic E-state index is 0.0165. The molecular weight excluding hydrogens is 750 g/mol. The van der Waals surface area contributed by atoms with E-state index in [0.717, 1.165) is 43.7 Å². The van der Waals surface area contributed by atoms with E-state index >= 15 is 0 Å². The second-order valence-electron chi connectivity index (χ2n) is 11.6. The van der Waals surface area contributed by atoms with E-state index in [9.17, 15) is 43.5 Å². The summed E-state index contributed by atoms with van der Waals surface area (Å²) in [4.78, 5) is 101. The lowest BCUT2D eigenvalue weighted by Crippen LogP contribution is -2.54. The Balaban J connectivity index is 1.55. The Hall–Kier alpha value is -7.76. The van der Waals surface area contributed by atoms with E-state index in [1.807, 2.05) is 11.5 Å². The van der Waals surface area contributed by atoms with E-state index in [4.69, 9.17) is 28.4 Å². The number of benzene rings is 4. The van der Waals surface area contributed by atoms with Crippen molar-refractivity contribution in [2.75, 3.05) is 19.5 Å². The first-order chi connectivity index (χ1) is 27.2. The highest BCUT2D eigenvalue weighted by atomic mass is 16.6. The monoisotopic (exact) mass is 785 g/mol. The fourth-order valence-corrected chi connectivity index (χ4v) is 4.88. The maximum Gasteiger partial charge on any atom is 0.349 e. The molecule has 0 heterocycles. The van der Waals surface area contributed by atoms with E-state index < -0.39 is 53.9 Å². The maximum atomic E-state index is 13.5. The van der Waals surface area contributed by atoms with Crippen LogP contribution >= 0.6 is 0 Å². The third-order valence-electron chi connectivity index (χ3n) is 7.49. The van der Waals surface area contributed by atoms with Crippen molar-refractivity contribution in [3.05, 3.63) is 113 Å². The van der Waals surface area contributed by atoms with E-state index in [1.54, 1.807) is 24.3 Å². The van der Waals surface area contributed by atoms with Gasteiger partial charge in [-0.05, 0) is 66.2 Å². The summed E-state index contributed by atoms with van der Waals surface area (Å²) in [5.74, 6) is -9.04. The zero-order chi connectivity index (χ0) is 41.6. The second kappa shape index (κ2) is 19.5. The zero-order valence-corrected chi connectivity index (χ0v) is 30.7. The molecule has 18 nitrogen and oxygen atoms in total. The molecule has 2 atom stereocenters. The molecule has 0 aromatic heterocycles. The number of nitrogens with one attached hydrogen (secondary N) is 3. The summed E-state index contributed by atoms with van der Waals surface area (Å²) in [6, 6.07) is 21.2. The van der Waals surface area contributed by atoms with Gasteiger partial charge in [0.1, 0.15) is 0 Å². The highest BCUT2D eigenvalue weighted by Gasteiger charge is 2.41. The van der Waals surface area contributed by atoms with Gasteiger partial charge < -0.3 is 38.8 Å². The molecule has 4 N–H and O–H groups in total. The third-order valence-corrected chi connectivity index (χ3v) is 7.49. The Morgan fingerprint density at radius 2 is 1.09 bits per heavy atom. The first-order valence-electron chi connectivity index (χ1n) is 16.6. The molecule has 0 saturated carbocycles. The average molecular weight is 786 g/mol. The lowest BCUT2D eigenvalue weighted by atomic mass is 10.1. The Labute approximate surface area is 323 Å². The number of hydrogen-bond acceptors (Lipinski definition) is 14. The van der Waals surface area contributed by atoms with Crippen LogP contribution in [0.5, 0.6) is 23.0 Å². The fourth-order valence-electron chi connectivity index (χ4n) is 4.88. The molecule has 4 rings (SSSR count). The van der Waals surface area contributed by atoms with Crippen LogP contribution in [0.25, 0.3) is 0 Å². The molecule has 4 aromatic rings. The number of carboxylic acids is 1. The normalized spacial score (nSPS) is 11.4. The number of hydrazine groups is 1. The van der Waals surface area contributed by atoms with Crippen molar-refractivity contribution in [1.29, 1.82) is 0 Å². The van der Waals surface area contributed by atoms with Crippen molar-refractivity contribution >= 4 is 53.3 Å². The number of esters is 4. The second-order valence-corrected chi connectivity index (χ2v) is 11.6. The van der Waals surface area contributed by atoms with E-state index in [2.05, 4.69) is 10.7 Å². The van der Waals surface area contributed by atoms with Crippen molar-refractivity contribution in [3.8, 4) is 23.0 Å². The number of rotatable bonds is 15. The van der Waals surface area contributed by atoms with Crippen LogP contribution in [0.15, 0.2) is 91.0 Å². The number of aliphatic carboxylic acids is 1. The molecule has 57 heavy (non-hydrogen) atoms. The number of anilines is 1. The summed E-state index contributed by atoms with van der Waals surface area (Å²) in [6.45, 7) is 2.26. The number of carboxylic acid groups (broad SMARTS) is 1. The molecular formula is C39H35N3O15. The Bertz CT molecular complexity index is 2170. The van der Waals surface area contributed by atoms with Crippen molar-refractivity contribution in [2.45, 2.75) is 32.5 Å². The number of methoxy groups -OCH3 is 2. The molecule has 0 radical (unpaired) electrons. The van der Waals surface area contributed by atoms with E-state index in [1.165, 1.54) is 50.6 Å². The largest absolute Gasteiger partial charge is 0.493 e. The lowest BCUT2D eigenvalue weighted by molar-refractivity contribution is -0.159. The summed E-state index contributed by atoms with van der Waals surface area (Å²) in [5, 5.41) is 12.8. The van der Waals surface area contributed by atoms with Crippen LogP contribution in [-0.4, -0.2) is 79.1 Å². The van der Waals surface area contributed by atoms with Crippen molar-refractivity contribution < 1.29 is 71.9 Å². The third kappa shape index (κ3) is 11.9. The molecule has 0 unspecified atom stereocenters. The van der Waals surface area contributed by atoms with Gasteiger partial charge in [-0.15, -0.1) is 0 Å². The summed E-state index contributed by atoms with van der Waals surface area (Å²) >= 11 is 0. The number of amides is 3. The molecule has 18 heteroatoms. The van der Waals surface area contributed by atoms with E-state index in [0.29, 0.717) is 5.69 Å². The van der Waals surface area contributed by atoms with Gasteiger partial charge >= 0.3 is 29.8 Å². The average Bonchev–Trinajstić information content (AvgIpc) is 3.18. The topological polar surface area (TPSA) is 248 Å². The predicted molar refractivity (Wildman–Crippen MR) is 195 cm³/mol. The highest BCUT2D eigenvalue weighted by molar-refractivity contribution is 6.00. The molecule has 4 aromatic carbocycles. The Morgan fingerprint density at radius 1 is 0.596 bits per heavy atom. The van der Waals surface area contributed by atoms with Gasteiger partial charge in [-0.2, -0.15) is 0 Å². The standard InChI is InChI=1S/C39H35N3O15/c1-21(43)54-28-16-12-25(19-30(28)52-3)38(50)56-33(34(37(48)49)57-39(51)26-13-17-29(55-22(2)44)31(20-26)53-4)36(47)42-41-35(46)24-10-14-27(15-11-24)40-32(45)18-23-8-6-5-7-9-23/h5-17,19-20,33-34H,18H2,1-4H3,(H,40,45)(H,41,46)(H,42,47)(H,48,49)/t33-,34+/m0/s1. The quantitative estimate of drug-likeness (QED) is 0.0768. The molecule has 296 valence electrons. The zero-order valence-electron chi connectivity index (χ0n) is 30.7. The molecule has 3 amide bonds.